The molecule has 83 heavy (non-hydrogen) atoms. The molecule has 0 unspecified atom stereocenters. The third kappa shape index (κ3) is 9.28. The molecule has 4 nitrogen and oxygen atoms in total. The zero-order valence-corrected chi connectivity index (χ0v) is 45.6. The number of nitrogens with zero attached hydrogens (tertiary/aromatic N) is 3. The topological polar surface area (TPSA) is 22.9 Å². The highest BCUT2D eigenvalue weighted by Gasteiger charge is 2.25. The van der Waals surface area contributed by atoms with Gasteiger partial charge < -0.3 is 19.1 Å². The summed E-state index contributed by atoms with van der Waals surface area (Å²) in [6.07, 6.45) is 0.920. The lowest BCUT2D eigenvalue weighted by Gasteiger charge is -2.33. The summed E-state index contributed by atoms with van der Waals surface area (Å²) in [7, 11) is 0. The monoisotopic (exact) mass is 1060 g/mol. The van der Waals surface area contributed by atoms with E-state index >= 15 is 0 Å². The van der Waals surface area contributed by atoms with Crippen molar-refractivity contribution in [1.82, 2.24) is 0 Å². The summed E-state index contributed by atoms with van der Waals surface area (Å²) in [5.74, 6) is 0. The molecule has 1 aromatic heterocycles. The van der Waals surface area contributed by atoms with Crippen LogP contribution in [-0.4, -0.2) is 0 Å². The molecule has 0 radical (unpaired) electrons. The minimum atomic E-state index is 0.884. The van der Waals surface area contributed by atoms with Gasteiger partial charge in [0.1, 0.15) is 11.2 Å². The molecule has 392 valence electrons. The van der Waals surface area contributed by atoms with Crippen LogP contribution in [0.15, 0.2) is 326 Å². The molecule has 0 spiro atoms. The smallest absolute Gasteiger partial charge is 0.143 e. The molecule has 1 heterocycles. The first-order chi connectivity index (χ1) is 41.1. The molecule has 0 fully saturated rings. The second-order valence-electron chi connectivity index (χ2n) is 21.3. The molecule has 0 saturated heterocycles. The summed E-state index contributed by atoms with van der Waals surface area (Å²) < 4.78 is 6.59. The van der Waals surface area contributed by atoms with Crippen molar-refractivity contribution in [2.75, 3.05) is 14.7 Å². The van der Waals surface area contributed by atoms with E-state index in [1.165, 1.54) is 44.5 Å². The zero-order valence-electron chi connectivity index (χ0n) is 45.6. The normalized spacial score (nSPS) is 11.6. The van der Waals surface area contributed by atoms with E-state index < -0.39 is 0 Å². The van der Waals surface area contributed by atoms with E-state index in [1.807, 2.05) is 12.1 Å². The fourth-order valence-corrected chi connectivity index (χ4v) is 12.3. The second-order valence-corrected chi connectivity index (χ2v) is 21.3. The summed E-state index contributed by atoms with van der Waals surface area (Å²) in [5, 5.41) is 2.22. The van der Waals surface area contributed by atoms with Crippen LogP contribution in [0, 0.1) is 0 Å². The lowest BCUT2D eigenvalue weighted by molar-refractivity contribution is 0.670. The van der Waals surface area contributed by atoms with Crippen molar-refractivity contribution in [3.05, 3.63) is 333 Å². The Morgan fingerprint density at radius 2 is 0.578 bits per heavy atom. The molecule has 0 atom stereocenters. The molecule has 0 aliphatic heterocycles. The Morgan fingerprint density at radius 3 is 1.10 bits per heavy atom. The number of fused-ring (bicyclic) bond motifs is 6. The summed E-state index contributed by atoms with van der Waals surface area (Å²) in [6.45, 7) is 0. The van der Waals surface area contributed by atoms with Gasteiger partial charge in [0.05, 0.1) is 17.1 Å². The zero-order chi connectivity index (χ0) is 55.1. The van der Waals surface area contributed by atoms with Gasteiger partial charge in [-0.3, -0.25) is 0 Å². The lowest BCUT2D eigenvalue weighted by atomic mass is 9.95. The molecular weight excluding hydrogens is 1010 g/mol. The fourth-order valence-electron chi connectivity index (χ4n) is 12.3. The average molecular weight is 1060 g/mol. The lowest BCUT2D eigenvalue weighted by Crippen LogP contribution is -2.16. The van der Waals surface area contributed by atoms with E-state index in [2.05, 4.69) is 324 Å². The minimum Gasteiger partial charge on any atom is -0.455 e. The van der Waals surface area contributed by atoms with Crippen molar-refractivity contribution in [2.45, 2.75) is 6.42 Å². The Morgan fingerprint density at radius 1 is 0.229 bits per heavy atom. The molecule has 0 saturated carbocycles. The van der Waals surface area contributed by atoms with Gasteiger partial charge in [-0.15, -0.1) is 0 Å². The predicted molar refractivity (Wildman–Crippen MR) is 348 cm³/mol. The Kier molecular flexibility index (Phi) is 12.6. The highest BCUT2D eigenvalue weighted by Crippen LogP contribution is 2.48. The van der Waals surface area contributed by atoms with Gasteiger partial charge in [0.25, 0.3) is 0 Å². The number of hydrogen-bond acceptors (Lipinski definition) is 4. The SMILES string of the molecule is c1ccc(-c2ccc(N(c3ccc(-c4cccc5c4Cc4ccccc4-5)cc3)c3cc(N(c4ccccc4)c4ccccc4)cc(N(c4ccc(-c5ccccc5)cc4)c4ccc(-c5cccc6c5oc5ccccc56)cc4)c3)cc2)cc1. The molecule has 14 aromatic rings. The number of para-hydroxylation sites is 4. The highest BCUT2D eigenvalue weighted by atomic mass is 16.3. The van der Waals surface area contributed by atoms with Crippen LogP contribution in [-0.2, 0) is 6.42 Å². The fraction of sp³-hybridized carbons (Fsp3) is 0.0127. The molecule has 1 aliphatic carbocycles. The maximum atomic E-state index is 6.59. The van der Waals surface area contributed by atoms with Crippen LogP contribution in [0.5, 0.6) is 0 Å². The van der Waals surface area contributed by atoms with E-state index in [1.54, 1.807) is 0 Å². The van der Waals surface area contributed by atoms with E-state index in [4.69, 9.17) is 4.42 Å². The standard InChI is InChI=1S/C79H55N3O/c1-5-19-55(20-6-1)57-35-43-64(44-36-57)81(66-47-39-59(40-48-66)71-30-17-32-74-72-28-14-13-23-61(72)51-77(71)74)69-52-68(80(62-24-9-3-10-25-62)63-26-11-4-12-27-63)53-70(54-69)82(65-45-37-58(38-46-65)56-21-7-2-8-22-56)67-49-41-60(42-50-67)73-31-18-33-76-75-29-15-16-34-78(75)83-79(73)76/h1-50,52-54H,51H2. The van der Waals surface area contributed by atoms with Crippen molar-refractivity contribution >= 4 is 73.1 Å². The third-order valence-electron chi connectivity index (χ3n) is 16.3. The van der Waals surface area contributed by atoms with Crippen LogP contribution in [0.4, 0.5) is 51.2 Å². The Hall–Kier alpha value is -10.9. The quantitative estimate of drug-likeness (QED) is 0.115. The van der Waals surface area contributed by atoms with E-state index in [9.17, 15) is 0 Å². The maximum Gasteiger partial charge on any atom is 0.143 e. The van der Waals surface area contributed by atoms with E-state index in [-0.39, 0.29) is 0 Å². The van der Waals surface area contributed by atoms with Gasteiger partial charge in [0, 0.05) is 50.5 Å². The summed E-state index contributed by atoms with van der Waals surface area (Å²) >= 11 is 0. The van der Waals surface area contributed by atoms with Gasteiger partial charge in [0.2, 0.25) is 0 Å². The van der Waals surface area contributed by atoms with Gasteiger partial charge in [0.15, 0.2) is 0 Å². The highest BCUT2D eigenvalue weighted by molar-refractivity contribution is 6.09. The van der Waals surface area contributed by atoms with Crippen LogP contribution < -0.4 is 14.7 Å². The van der Waals surface area contributed by atoms with Crippen LogP contribution in [0.25, 0.3) is 77.6 Å². The van der Waals surface area contributed by atoms with Crippen molar-refractivity contribution in [1.29, 1.82) is 0 Å². The molecule has 1 aliphatic rings. The number of anilines is 9. The number of hydrogen-bond donors (Lipinski definition) is 0. The molecular formula is C79H55N3O. The van der Waals surface area contributed by atoms with Crippen LogP contribution >= 0.6 is 0 Å². The average Bonchev–Trinajstić information content (AvgIpc) is 4.38. The molecule has 0 amide bonds. The molecule has 13 aromatic carbocycles. The number of furan rings is 1. The summed E-state index contributed by atoms with van der Waals surface area (Å²) in [6, 6.07) is 116. The minimum absolute atomic E-state index is 0.884. The van der Waals surface area contributed by atoms with Gasteiger partial charge in [-0.1, -0.05) is 224 Å². The Labute approximate surface area is 484 Å². The van der Waals surface area contributed by atoms with Crippen molar-refractivity contribution in [3.63, 3.8) is 0 Å². The Bertz CT molecular complexity index is 4560. The first-order valence-corrected chi connectivity index (χ1v) is 28.4. The number of rotatable bonds is 13. The van der Waals surface area contributed by atoms with Gasteiger partial charge >= 0.3 is 0 Å². The van der Waals surface area contributed by atoms with E-state index in [0.717, 1.165) is 102 Å². The first-order valence-electron chi connectivity index (χ1n) is 28.4. The summed E-state index contributed by atoms with van der Waals surface area (Å²) in [4.78, 5) is 7.18. The summed E-state index contributed by atoms with van der Waals surface area (Å²) in [5.41, 5.74) is 25.6. The molecule has 0 N–H and O–H groups in total. The first kappa shape index (κ1) is 49.1. The van der Waals surface area contributed by atoms with Crippen LogP contribution in [0.1, 0.15) is 11.1 Å². The van der Waals surface area contributed by atoms with Gasteiger partial charge in [-0.2, -0.15) is 0 Å². The molecule has 0 bridgehead atoms. The van der Waals surface area contributed by atoms with Crippen molar-refractivity contribution in [3.8, 4) is 55.6 Å². The van der Waals surface area contributed by atoms with Crippen molar-refractivity contribution < 1.29 is 4.42 Å². The van der Waals surface area contributed by atoms with E-state index in [0.29, 0.717) is 0 Å². The maximum absolute atomic E-state index is 6.59. The largest absolute Gasteiger partial charge is 0.455 e. The van der Waals surface area contributed by atoms with Crippen molar-refractivity contribution in [2.24, 2.45) is 0 Å². The third-order valence-corrected chi connectivity index (χ3v) is 16.3. The number of benzene rings is 13. The molecule has 15 rings (SSSR count). The van der Waals surface area contributed by atoms with Gasteiger partial charge in [-0.05, 0) is 165 Å². The van der Waals surface area contributed by atoms with Crippen LogP contribution in [0.2, 0.25) is 0 Å². The Balaban J connectivity index is 0.933. The van der Waals surface area contributed by atoms with Crippen LogP contribution in [0.3, 0.4) is 0 Å². The second kappa shape index (κ2) is 21.3. The molecule has 4 heteroatoms. The predicted octanol–water partition coefficient (Wildman–Crippen LogP) is 22.2. The van der Waals surface area contributed by atoms with Gasteiger partial charge in [-0.25, -0.2) is 0 Å².